The van der Waals surface area contributed by atoms with Gasteiger partial charge >= 0.3 is 0 Å². The molecule has 3 aromatic heterocycles. The number of hydrogen-bond acceptors (Lipinski definition) is 5. The summed E-state index contributed by atoms with van der Waals surface area (Å²) in [4.78, 5) is 9.74. The zero-order valence-corrected chi connectivity index (χ0v) is 54.6. The summed E-state index contributed by atoms with van der Waals surface area (Å²) in [6.07, 6.45) is 1.91. The second-order valence-electron chi connectivity index (χ2n) is 28.4. The summed E-state index contributed by atoms with van der Waals surface area (Å²) >= 11 is 0. The molecule has 0 bridgehead atoms. The maximum atomic E-state index is 6.92. The van der Waals surface area contributed by atoms with Crippen LogP contribution in [-0.2, 0) is 48.1 Å². The molecule has 1 aliphatic rings. The molecule has 0 N–H and O–H groups in total. The number of pyridine rings is 1. The van der Waals surface area contributed by atoms with E-state index in [-0.39, 0.29) is 48.1 Å². The molecule has 11 aromatic rings. The van der Waals surface area contributed by atoms with Gasteiger partial charge in [0, 0.05) is 83.2 Å². The van der Waals surface area contributed by atoms with Crippen LogP contribution in [0.3, 0.4) is 0 Å². The SMILES string of the molecule is Cc1c(C)c(-c2cc(C(C)(C)C)cc(C(C)(C)C)c2)c(N2[CH-]N(c3[c-]c(Oc4[c-]c5c(cc4)c4c6oc7ccccc7c6ccc4n5-c4cc(C(C)(C)C)ccn4)ccc3)c3ccccc32)c(-c2cc(C(C)(C)C)cc(C(C)(C)C)c2)c1C.[Pt]. The number of ether oxygens (including phenoxy) is 1. The fourth-order valence-electron chi connectivity index (χ4n) is 12.1. The predicted molar refractivity (Wildman–Crippen MR) is 350 cm³/mol. The first kappa shape index (κ1) is 58.4. The molecule has 6 nitrogen and oxygen atoms in total. The Bertz CT molecular complexity index is 4240. The van der Waals surface area contributed by atoms with Crippen LogP contribution >= 0.6 is 0 Å². The first-order valence-electron chi connectivity index (χ1n) is 29.5. The number of anilines is 4. The van der Waals surface area contributed by atoms with Gasteiger partial charge in [-0.1, -0.05) is 181 Å². The molecule has 4 heterocycles. The molecule has 0 saturated heterocycles. The van der Waals surface area contributed by atoms with Crippen molar-refractivity contribution in [2.75, 3.05) is 9.80 Å². The smallest absolute Gasteiger partial charge is 0.135 e. The van der Waals surface area contributed by atoms with Gasteiger partial charge in [0.25, 0.3) is 0 Å². The summed E-state index contributed by atoms with van der Waals surface area (Å²) in [5.74, 6) is 1.94. The number of rotatable bonds is 7. The molecule has 1 aliphatic heterocycles. The van der Waals surface area contributed by atoms with E-state index in [9.17, 15) is 0 Å². The van der Waals surface area contributed by atoms with E-state index in [4.69, 9.17) is 14.1 Å². The van der Waals surface area contributed by atoms with Crippen molar-refractivity contribution in [2.45, 2.75) is 152 Å². The molecule has 0 spiro atoms. The van der Waals surface area contributed by atoms with Gasteiger partial charge in [0.2, 0.25) is 0 Å². The Hall–Kier alpha value is -7.40. The van der Waals surface area contributed by atoms with Gasteiger partial charge in [-0.3, -0.25) is 0 Å². The minimum Gasteiger partial charge on any atom is -0.509 e. The van der Waals surface area contributed by atoms with Crippen molar-refractivity contribution in [2.24, 2.45) is 0 Å². The van der Waals surface area contributed by atoms with Gasteiger partial charge in [-0.15, -0.1) is 42.7 Å². The number of para-hydroxylation sites is 3. The second-order valence-corrected chi connectivity index (χ2v) is 28.4. The number of fused-ring (bicyclic) bond motifs is 8. The van der Waals surface area contributed by atoms with E-state index in [1.165, 1.54) is 66.8 Å². The monoisotopic (exact) mass is 1290 g/mol. The third-order valence-corrected chi connectivity index (χ3v) is 17.4. The molecule has 0 atom stereocenters. The number of aromatic nitrogens is 2. The van der Waals surface area contributed by atoms with Crippen LogP contribution < -0.4 is 14.5 Å². The van der Waals surface area contributed by atoms with E-state index < -0.39 is 0 Å². The van der Waals surface area contributed by atoms with Gasteiger partial charge in [-0.25, -0.2) is 4.98 Å². The molecule has 7 heteroatoms. The largest absolute Gasteiger partial charge is 0.509 e. The summed E-state index contributed by atoms with van der Waals surface area (Å²) < 4.78 is 15.8. The van der Waals surface area contributed by atoms with Crippen LogP contribution in [0.1, 0.15) is 148 Å². The third kappa shape index (κ3) is 10.2. The van der Waals surface area contributed by atoms with Crippen LogP contribution in [0.15, 0.2) is 150 Å². The third-order valence-electron chi connectivity index (χ3n) is 17.4. The Labute approximate surface area is 513 Å². The summed E-state index contributed by atoms with van der Waals surface area (Å²) in [7, 11) is 0. The van der Waals surface area contributed by atoms with E-state index in [0.29, 0.717) is 11.5 Å². The summed E-state index contributed by atoms with van der Waals surface area (Å²) in [5.41, 5.74) is 22.5. The molecule has 0 radical (unpaired) electrons. The molecule has 0 amide bonds. The zero-order valence-electron chi connectivity index (χ0n) is 52.4. The molecule has 0 saturated carbocycles. The maximum Gasteiger partial charge on any atom is 0.135 e. The number of furan rings is 1. The molecule has 8 aromatic carbocycles. The van der Waals surface area contributed by atoms with Crippen molar-refractivity contribution < 1.29 is 30.2 Å². The van der Waals surface area contributed by atoms with E-state index in [2.05, 4.69) is 273 Å². The Morgan fingerprint density at radius 1 is 0.476 bits per heavy atom. The minimum absolute atomic E-state index is 0. The van der Waals surface area contributed by atoms with Gasteiger partial charge in [-0.05, 0) is 151 Å². The summed E-state index contributed by atoms with van der Waals surface area (Å²) in [5, 5.41) is 4.17. The summed E-state index contributed by atoms with van der Waals surface area (Å²) in [6.45, 7) is 44.0. The van der Waals surface area contributed by atoms with Crippen molar-refractivity contribution >= 4 is 66.5 Å². The van der Waals surface area contributed by atoms with E-state index >= 15 is 0 Å². The molecule has 0 aliphatic carbocycles. The van der Waals surface area contributed by atoms with Crippen molar-refractivity contribution in [3.63, 3.8) is 0 Å². The Kier molecular flexibility index (Phi) is 14.4. The van der Waals surface area contributed by atoms with E-state index in [0.717, 1.165) is 72.3 Å². The minimum atomic E-state index is -0.0867. The average Bonchev–Trinajstić information content (AvgIpc) is 1.51. The van der Waals surface area contributed by atoms with Gasteiger partial charge in [0.15, 0.2) is 0 Å². The predicted octanol–water partition coefficient (Wildman–Crippen LogP) is 21.6. The first-order valence-corrected chi connectivity index (χ1v) is 29.5. The number of nitrogens with zero attached hydrogens (tertiary/aromatic N) is 4. The van der Waals surface area contributed by atoms with Crippen LogP contribution in [0, 0.1) is 39.6 Å². The van der Waals surface area contributed by atoms with Crippen LogP contribution in [-0.4, -0.2) is 9.55 Å². The van der Waals surface area contributed by atoms with Crippen LogP contribution in [0.2, 0.25) is 0 Å². The van der Waals surface area contributed by atoms with Gasteiger partial charge in [0.05, 0.1) is 0 Å². The molecule has 0 unspecified atom stereocenters. The van der Waals surface area contributed by atoms with Gasteiger partial charge in [-0.2, -0.15) is 12.1 Å². The number of benzene rings is 8. The number of hydrogen-bond donors (Lipinski definition) is 0. The molecular formula is C77H79N4O2Pt-3. The Balaban J connectivity index is 0.00000736. The Morgan fingerprint density at radius 3 is 1.57 bits per heavy atom. The standard InChI is InChI=1S/C77H79N4O2.Pt/c1-46-47(2)68(49-36-52(74(7,8)9)40-53(37-49)75(10,11)12)71(69(48(46)3)50-38-54(76(13,14)15)41-55(39-50)77(16,17)18)80-45-79(62-27-20-21-28-63(62)80)56-24-23-25-57(43-56)82-58-30-31-61-65(44-58)81(67-42-51(34-35-78-67)73(4,5)6)64-33-32-60-59-26-19-22-29-66(59)83-72(60)70(61)64;/h19-42,45H,1-18H3;/q-3;. The van der Waals surface area contributed by atoms with Crippen molar-refractivity contribution in [1.82, 2.24) is 9.55 Å². The molecule has 0 fully saturated rings. The normalized spacial score (nSPS) is 13.4. The average molecular weight is 1290 g/mol. The quantitative estimate of drug-likeness (QED) is 0.149. The first-order chi connectivity index (χ1) is 39.0. The fraction of sp³-hybridized carbons (Fsp3) is 0.299. The van der Waals surface area contributed by atoms with Gasteiger partial charge in [0.1, 0.15) is 17.0 Å². The van der Waals surface area contributed by atoms with Crippen LogP contribution in [0.5, 0.6) is 11.5 Å². The van der Waals surface area contributed by atoms with Crippen molar-refractivity contribution in [3.05, 3.63) is 209 Å². The Morgan fingerprint density at radius 2 is 1.00 bits per heavy atom. The zero-order chi connectivity index (χ0) is 59.0. The van der Waals surface area contributed by atoms with Gasteiger partial charge < -0.3 is 23.5 Å². The summed E-state index contributed by atoms with van der Waals surface area (Å²) in [6, 6.07) is 58.2. The fourth-order valence-corrected chi connectivity index (χ4v) is 12.1. The van der Waals surface area contributed by atoms with Crippen molar-refractivity contribution in [1.29, 1.82) is 0 Å². The molecule has 84 heavy (non-hydrogen) atoms. The molecule has 432 valence electrons. The van der Waals surface area contributed by atoms with E-state index in [1.54, 1.807) is 0 Å². The van der Waals surface area contributed by atoms with Crippen molar-refractivity contribution in [3.8, 4) is 39.6 Å². The van der Waals surface area contributed by atoms with Crippen LogP contribution in [0.25, 0.3) is 71.8 Å². The second kappa shape index (κ2) is 20.7. The van der Waals surface area contributed by atoms with E-state index in [1.807, 2.05) is 30.5 Å². The maximum absolute atomic E-state index is 6.92. The topological polar surface area (TPSA) is 46.7 Å². The van der Waals surface area contributed by atoms with Crippen LogP contribution in [0.4, 0.5) is 22.7 Å². The molecular weight excluding hydrogens is 1210 g/mol. The molecule has 12 rings (SSSR count).